The van der Waals surface area contributed by atoms with Crippen LogP contribution in [0.25, 0.3) is 11.0 Å². The maximum atomic E-state index is 12.6. The number of amides is 1. The van der Waals surface area contributed by atoms with Gasteiger partial charge in [-0.15, -0.1) is 0 Å². The number of benzene rings is 2. The van der Waals surface area contributed by atoms with Gasteiger partial charge in [0.25, 0.3) is 5.91 Å². The van der Waals surface area contributed by atoms with Crippen LogP contribution in [0.15, 0.2) is 57.7 Å². The Labute approximate surface area is 150 Å². The molecule has 0 bridgehead atoms. The van der Waals surface area contributed by atoms with Gasteiger partial charge in [0.2, 0.25) is 0 Å². The summed E-state index contributed by atoms with van der Waals surface area (Å²) in [6, 6.07) is 13.9. The molecule has 0 spiro atoms. The van der Waals surface area contributed by atoms with Gasteiger partial charge in [-0.05, 0) is 42.8 Å². The maximum Gasteiger partial charge on any atom is 0.362 e. The fourth-order valence-electron chi connectivity index (χ4n) is 2.63. The van der Waals surface area contributed by atoms with Crippen LogP contribution in [0.1, 0.15) is 23.7 Å². The highest BCUT2D eigenvalue weighted by Crippen LogP contribution is 2.29. The van der Waals surface area contributed by atoms with Gasteiger partial charge >= 0.3 is 5.63 Å². The number of para-hydroxylation sites is 1. The number of carbonyl (C=O) groups is 1. The SMILES string of the molecule is CCCNc1c(NC(=O)c2ccc(OC)cc2)c(=O)oc2ccccc12. The molecule has 26 heavy (non-hydrogen) atoms. The topological polar surface area (TPSA) is 80.6 Å². The van der Waals surface area contributed by atoms with Crippen molar-refractivity contribution in [1.29, 1.82) is 0 Å². The summed E-state index contributed by atoms with van der Waals surface area (Å²) in [5.41, 5.74) is 0.973. The monoisotopic (exact) mass is 352 g/mol. The minimum Gasteiger partial charge on any atom is -0.497 e. The second kappa shape index (κ2) is 7.74. The van der Waals surface area contributed by atoms with Crippen molar-refractivity contribution in [3.8, 4) is 5.75 Å². The predicted molar refractivity (Wildman–Crippen MR) is 102 cm³/mol. The Kier molecular flexibility index (Phi) is 5.22. The highest BCUT2D eigenvalue weighted by molar-refractivity contribution is 6.08. The first-order valence-electron chi connectivity index (χ1n) is 8.39. The minimum absolute atomic E-state index is 0.109. The van der Waals surface area contributed by atoms with Gasteiger partial charge in [0.1, 0.15) is 11.3 Å². The van der Waals surface area contributed by atoms with E-state index in [9.17, 15) is 9.59 Å². The van der Waals surface area contributed by atoms with Gasteiger partial charge in [0, 0.05) is 17.5 Å². The molecular formula is C20H20N2O4. The Morgan fingerprint density at radius 3 is 2.50 bits per heavy atom. The Bertz CT molecular complexity index is 977. The van der Waals surface area contributed by atoms with E-state index in [1.807, 2.05) is 19.1 Å². The third-order valence-electron chi connectivity index (χ3n) is 3.96. The lowest BCUT2D eigenvalue weighted by atomic mass is 10.1. The zero-order valence-corrected chi connectivity index (χ0v) is 14.7. The molecule has 0 unspecified atom stereocenters. The summed E-state index contributed by atoms with van der Waals surface area (Å²) >= 11 is 0. The Hall–Kier alpha value is -3.28. The van der Waals surface area contributed by atoms with E-state index in [1.165, 1.54) is 0 Å². The molecule has 2 N–H and O–H groups in total. The van der Waals surface area contributed by atoms with Crippen LogP contribution in [-0.2, 0) is 0 Å². The number of hydrogen-bond donors (Lipinski definition) is 2. The van der Waals surface area contributed by atoms with Gasteiger partial charge < -0.3 is 19.8 Å². The average molecular weight is 352 g/mol. The van der Waals surface area contributed by atoms with Crippen LogP contribution in [0.2, 0.25) is 0 Å². The summed E-state index contributed by atoms with van der Waals surface area (Å²) in [7, 11) is 1.56. The van der Waals surface area contributed by atoms with Crippen LogP contribution in [0.4, 0.5) is 11.4 Å². The summed E-state index contributed by atoms with van der Waals surface area (Å²) in [5, 5.41) is 6.65. The number of carbonyl (C=O) groups excluding carboxylic acids is 1. The molecule has 3 rings (SSSR count). The van der Waals surface area contributed by atoms with E-state index in [0.717, 1.165) is 11.8 Å². The number of fused-ring (bicyclic) bond motifs is 1. The van der Waals surface area contributed by atoms with Crippen molar-refractivity contribution in [3.63, 3.8) is 0 Å². The lowest BCUT2D eigenvalue weighted by molar-refractivity contribution is 0.102. The molecule has 0 saturated heterocycles. The number of nitrogens with one attached hydrogen (secondary N) is 2. The average Bonchev–Trinajstić information content (AvgIpc) is 2.67. The van der Waals surface area contributed by atoms with Crippen molar-refractivity contribution in [2.75, 3.05) is 24.3 Å². The van der Waals surface area contributed by atoms with Crippen LogP contribution >= 0.6 is 0 Å². The molecule has 6 heteroatoms. The fourth-order valence-corrected chi connectivity index (χ4v) is 2.63. The standard InChI is InChI=1S/C20H20N2O4/c1-3-12-21-17-15-6-4-5-7-16(15)26-20(24)18(17)22-19(23)13-8-10-14(25-2)11-9-13/h4-11,21H,3,12H2,1-2H3,(H,22,23). The van der Waals surface area contributed by atoms with Gasteiger partial charge in [-0.3, -0.25) is 4.79 Å². The molecule has 1 heterocycles. The third-order valence-corrected chi connectivity index (χ3v) is 3.96. The van der Waals surface area contributed by atoms with Gasteiger partial charge in [-0.1, -0.05) is 19.1 Å². The Morgan fingerprint density at radius 2 is 1.81 bits per heavy atom. The van der Waals surface area contributed by atoms with Crippen LogP contribution < -0.4 is 21.0 Å². The second-order valence-corrected chi connectivity index (χ2v) is 5.75. The molecular weight excluding hydrogens is 332 g/mol. The van der Waals surface area contributed by atoms with Gasteiger partial charge in [-0.25, -0.2) is 4.79 Å². The van der Waals surface area contributed by atoms with Crippen LogP contribution in [0, 0.1) is 0 Å². The summed E-state index contributed by atoms with van der Waals surface area (Å²) in [6.45, 7) is 2.69. The van der Waals surface area contributed by atoms with Gasteiger partial charge in [0.05, 0.1) is 12.8 Å². The zero-order chi connectivity index (χ0) is 18.5. The minimum atomic E-state index is -0.593. The van der Waals surface area contributed by atoms with E-state index < -0.39 is 11.5 Å². The molecule has 0 radical (unpaired) electrons. The van der Waals surface area contributed by atoms with Crippen molar-refractivity contribution < 1.29 is 13.9 Å². The summed E-state index contributed by atoms with van der Waals surface area (Å²) in [5.74, 6) is 0.256. The lowest BCUT2D eigenvalue weighted by Crippen LogP contribution is -2.20. The molecule has 1 amide bonds. The molecule has 134 valence electrons. The normalized spacial score (nSPS) is 10.5. The maximum absolute atomic E-state index is 12.6. The highest BCUT2D eigenvalue weighted by atomic mass is 16.5. The first-order chi connectivity index (χ1) is 12.6. The van der Waals surface area contributed by atoms with Gasteiger partial charge in [-0.2, -0.15) is 0 Å². The first-order valence-corrected chi connectivity index (χ1v) is 8.39. The van der Waals surface area contributed by atoms with Crippen molar-refractivity contribution in [2.45, 2.75) is 13.3 Å². The van der Waals surface area contributed by atoms with Crippen molar-refractivity contribution >= 4 is 28.3 Å². The predicted octanol–water partition coefficient (Wildman–Crippen LogP) is 3.88. The van der Waals surface area contributed by atoms with E-state index in [2.05, 4.69) is 10.6 Å². The number of ether oxygens (including phenoxy) is 1. The zero-order valence-electron chi connectivity index (χ0n) is 14.7. The van der Waals surface area contributed by atoms with Crippen LogP contribution in [-0.4, -0.2) is 19.6 Å². The van der Waals surface area contributed by atoms with Crippen LogP contribution in [0.3, 0.4) is 0 Å². The van der Waals surface area contributed by atoms with E-state index in [4.69, 9.17) is 9.15 Å². The smallest absolute Gasteiger partial charge is 0.362 e. The largest absolute Gasteiger partial charge is 0.497 e. The van der Waals surface area contributed by atoms with E-state index >= 15 is 0 Å². The highest BCUT2D eigenvalue weighted by Gasteiger charge is 2.17. The summed E-state index contributed by atoms with van der Waals surface area (Å²) in [6.07, 6.45) is 0.875. The number of anilines is 2. The molecule has 0 aliphatic heterocycles. The van der Waals surface area contributed by atoms with E-state index in [1.54, 1.807) is 43.5 Å². The quantitative estimate of drug-likeness (QED) is 0.658. The molecule has 0 saturated carbocycles. The molecule has 1 aromatic heterocycles. The number of hydrogen-bond acceptors (Lipinski definition) is 5. The molecule has 0 atom stereocenters. The third kappa shape index (κ3) is 3.54. The molecule has 2 aromatic carbocycles. The molecule has 0 aliphatic carbocycles. The van der Waals surface area contributed by atoms with Crippen molar-refractivity contribution in [2.24, 2.45) is 0 Å². The molecule has 0 fully saturated rings. The lowest BCUT2D eigenvalue weighted by Gasteiger charge is -2.14. The number of methoxy groups -OCH3 is 1. The van der Waals surface area contributed by atoms with Crippen molar-refractivity contribution in [3.05, 3.63) is 64.5 Å². The molecule has 3 aromatic rings. The van der Waals surface area contributed by atoms with Crippen molar-refractivity contribution in [1.82, 2.24) is 0 Å². The summed E-state index contributed by atoms with van der Waals surface area (Å²) in [4.78, 5) is 25.0. The Balaban J connectivity index is 2.01. The fraction of sp³-hybridized carbons (Fsp3) is 0.200. The molecule has 0 aliphatic rings. The van der Waals surface area contributed by atoms with Crippen LogP contribution in [0.5, 0.6) is 5.75 Å². The number of rotatable bonds is 6. The summed E-state index contributed by atoms with van der Waals surface area (Å²) < 4.78 is 10.4. The first kappa shape index (κ1) is 17.5. The Morgan fingerprint density at radius 1 is 1.08 bits per heavy atom. The van der Waals surface area contributed by atoms with Gasteiger partial charge in [0.15, 0.2) is 5.69 Å². The van der Waals surface area contributed by atoms with E-state index in [-0.39, 0.29) is 5.69 Å². The molecule has 6 nitrogen and oxygen atoms in total. The van der Waals surface area contributed by atoms with E-state index in [0.29, 0.717) is 29.1 Å². The second-order valence-electron chi connectivity index (χ2n) is 5.75.